The Bertz CT molecular complexity index is 1300. The van der Waals surface area contributed by atoms with E-state index in [9.17, 15) is 9.59 Å². The number of rotatable bonds is 10. The van der Waals surface area contributed by atoms with Gasteiger partial charge < -0.3 is 14.7 Å². The number of carboxylic acid groups (broad SMARTS) is 1. The Morgan fingerprint density at radius 3 is 2.08 bits per heavy atom. The van der Waals surface area contributed by atoms with Gasteiger partial charge in [-0.3, -0.25) is 4.79 Å². The standard InChI is InChI=1S/C31H29NO4/c1-36-29-18-16-26(17-19-29)30(33)32(20-6-10-23-7-3-2-4-8-23)22-24-9-5-11-28(21-24)25-12-14-27(15-13-25)31(34)35/h2-5,7-9,11-19,21H,6,10,20,22H2,1H3,(H,34,35). The zero-order valence-electron chi connectivity index (χ0n) is 20.3. The maximum absolute atomic E-state index is 13.5. The predicted octanol–water partition coefficient (Wildman–Crippen LogP) is 6.34. The summed E-state index contributed by atoms with van der Waals surface area (Å²) >= 11 is 0. The highest BCUT2D eigenvalue weighted by molar-refractivity contribution is 5.94. The van der Waals surface area contributed by atoms with E-state index in [1.807, 2.05) is 53.4 Å². The SMILES string of the molecule is COc1ccc(C(=O)N(CCCc2ccccc2)Cc2cccc(-c3ccc(C(=O)O)cc3)c2)cc1. The molecule has 0 radical (unpaired) electrons. The highest BCUT2D eigenvalue weighted by Gasteiger charge is 2.17. The highest BCUT2D eigenvalue weighted by Crippen LogP contribution is 2.23. The molecule has 0 aliphatic rings. The minimum atomic E-state index is -0.946. The number of aromatic carboxylic acids is 1. The van der Waals surface area contributed by atoms with E-state index in [1.54, 1.807) is 43.5 Å². The number of nitrogens with zero attached hydrogens (tertiary/aromatic N) is 1. The monoisotopic (exact) mass is 479 g/mol. The van der Waals surface area contributed by atoms with Crippen LogP contribution in [-0.4, -0.2) is 35.5 Å². The molecule has 4 aromatic rings. The van der Waals surface area contributed by atoms with Gasteiger partial charge in [-0.1, -0.05) is 60.7 Å². The lowest BCUT2D eigenvalue weighted by atomic mass is 10.0. The molecule has 182 valence electrons. The van der Waals surface area contributed by atoms with Crippen molar-refractivity contribution in [2.24, 2.45) is 0 Å². The number of benzene rings is 4. The summed E-state index contributed by atoms with van der Waals surface area (Å²) < 4.78 is 5.24. The first kappa shape index (κ1) is 24.7. The van der Waals surface area contributed by atoms with Crippen molar-refractivity contribution in [3.63, 3.8) is 0 Å². The zero-order valence-corrected chi connectivity index (χ0v) is 20.3. The quantitative estimate of drug-likeness (QED) is 0.288. The molecule has 0 heterocycles. The van der Waals surface area contributed by atoms with Crippen LogP contribution in [0.2, 0.25) is 0 Å². The first-order chi connectivity index (χ1) is 17.5. The van der Waals surface area contributed by atoms with Gasteiger partial charge in [0.25, 0.3) is 5.91 Å². The summed E-state index contributed by atoms with van der Waals surface area (Å²) in [6, 6.07) is 32.3. The second kappa shape index (κ2) is 11.8. The highest BCUT2D eigenvalue weighted by atomic mass is 16.5. The average molecular weight is 480 g/mol. The minimum Gasteiger partial charge on any atom is -0.497 e. The van der Waals surface area contributed by atoms with E-state index >= 15 is 0 Å². The van der Waals surface area contributed by atoms with E-state index in [0.29, 0.717) is 24.4 Å². The lowest BCUT2D eigenvalue weighted by Crippen LogP contribution is -2.31. The Balaban J connectivity index is 1.53. The van der Waals surface area contributed by atoms with Crippen molar-refractivity contribution in [2.45, 2.75) is 19.4 Å². The summed E-state index contributed by atoms with van der Waals surface area (Å²) in [5.74, 6) is -0.260. The van der Waals surface area contributed by atoms with E-state index in [4.69, 9.17) is 9.84 Å². The minimum absolute atomic E-state index is 0.0260. The lowest BCUT2D eigenvalue weighted by Gasteiger charge is -2.23. The molecule has 0 aliphatic carbocycles. The van der Waals surface area contributed by atoms with Crippen LogP contribution in [0.5, 0.6) is 5.75 Å². The summed E-state index contributed by atoms with van der Waals surface area (Å²) in [7, 11) is 1.61. The molecule has 0 saturated heterocycles. The molecule has 0 spiro atoms. The fourth-order valence-electron chi connectivity index (χ4n) is 4.16. The van der Waals surface area contributed by atoms with Crippen LogP contribution in [-0.2, 0) is 13.0 Å². The van der Waals surface area contributed by atoms with E-state index in [1.165, 1.54) is 5.56 Å². The number of hydrogen-bond acceptors (Lipinski definition) is 3. The number of carbonyl (C=O) groups is 2. The molecule has 0 unspecified atom stereocenters. The van der Waals surface area contributed by atoms with Gasteiger partial charge in [-0.25, -0.2) is 4.79 Å². The maximum Gasteiger partial charge on any atom is 0.335 e. The molecule has 0 aliphatic heterocycles. The molecule has 0 bridgehead atoms. The third-order valence-corrected chi connectivity index (χ3v) is 6.13. The second-order valence-corrected chi connectivity index (χ2v) is 8.63. The molecule has 4 aromatic carbocycles. The van der Waals surface area contributed by atoms with Gasteiger partial charge in [0.15, 0.2) is 0 Å². The van der Waals surface area contributed by atoms with Crippen molar-refractivity contribution in [1.82, 2.24) is 4.90 Å². The summed E-state index contributed by atoms with van der Waals surface area (Å²) in [5, 5.41) is 9.16. The topological polar surface area (TPSA) is 66.8 Å². The Morgan fingerprint density at radius 1 is 0.750 bits per heavy atom. The first-order valence-electron chi connectivity index (χ1n) is 11.9. The molecule has 0 aromatic heterocycles. The van der Waals surface area contributed by atoms with Gasteiger partial charge >= 0.3 is 5.97 Å². The van der Waals surface area contributed by atoms with Gasteiger partial charge in [-0.15, -0.1) is 0 Å². The molecule has 0 fully saturated rings. The Kier molecular flexibility index (Phi) is 8.14. The summed E-state index contributed by atoms with van der Waals surface area (Å²) in [6.07, 6.45) is 1.74. The molecule has 1 amide bonds. The molecule has 5 heteroatoms. The number of hydrogen-bond donors (Lipinski definition) is 1. The predicted molar refractivity (Wildman–Crippen MR) is 141 cm³/mol. The van der Waals surface area contributed by atoms with Crippen molar-refractivity contribution >= 4 is 11.9 Å². The number of carbonyl (C=O) groups excluding carboxylic acids is 1. The van der Waals surface area contributed by atoms with Gasteiger partial charge in [0.2, 0.25) is 0 Å². The van der Waals surface area contributed by atoms with Crippen LogP contribution in [0.1, 0.15) is 38.3 Å². The van der Waals surface area contributed by atoms with Crippen molar-refractivity contribution in [1.29, 1.82) is 0 Å². The Morgan fingerprint density at radius 2 is 1.42 bits per heavy atom. The van der Waals surface area contributed by atoms with Gasteiger partial charge in [-0.2, -0.15) is 0 Å². The number of carboxylic acids is 1. The molecular formula is C31H29NO4. The number of ether oxygens (including phenoxy) is 1. The normalized spacial score (nSPS) is 10.6. The van der Waals surface area contributed by atoms with Crippen molar-refractivity contribution in [2.75, 3.05) is 13.7 Å². The van der Waals surface area contributed by atoms with Crippen LogP contribution in [0, 0.1) is 0 Å². The Labute approximate surface area is 211 Å². The zero-order chi connectivity index (χ0) is 25.3. The van der Waals surface area contributed by atoms with Crippen molar-refractivity contribution in [3.05, 3.63) is 125 Å². The lowest BCUT2D eigenvalue weighted by molar-refractivity contribution is 0.0695. The van der Waals surface area contributed by atoms with E-state index in [0.717, 1.165) is 29.5 Å². The molecule has 0 atom stereocenters. The molecule has 1 N–H and O–H groups in total. The summed E-state index contributed by atoms with van der Waals surface area (Å²) in [6.45, 7) is 1.10. The van der Waals surface area contributed by atoms with Gasteiger partial charge in [0, 0.05) is 18.7 Å². The number of methoxy groups -OCH3 is 1. The van der Waals surface area contributed by atoms with Crippen molar-refractivity contribution in [3.8, 4) is 16.9 Å². The fourth-order valence-corrected chi connectivity index (χ4v) is 4.16. The number of aryl methyl sites for hydroxylation is 1. The largest absolute Gasteiger partial charge is 0.497 e. The fraction of sp³-hybridized carbons (Fsp3) is 0.161. The van der Waals surface area contributed by atoms with Crippen LogP contribution in [0.15, 0.2) is 103 Å². The van der Waals surface area contributed by atoms with Crippen LogP contribution in [0.3, 0.4) is 0 Å². The van der Waals surface area contributed by atoms with Crippen molar-refractivity contribution < 1.29 is 19.4 Å². The van der Waals surface area contributed by atoms with Gasteiger partial charge in [0.1, 0.15) is 5.75 Å². The molecule has 0 saturated carbocycles. The van der Waals surface area contributed by atoms with Gasteiger partial charge in [0.05, 0.1) is 12.7 Å². The van der Waals surface area contributed by atoms with E-state index in [-0.39, 0.29) is 11.5 Å². The molecule has 4 rings (SSSR count). The third kappa shape index (κ3) is 6.39. The Hall–Kier alpha value is -4.38. The summed E-state index contributed by atoms with van der Waals surface area (Å²) in [4.78, 5) is 26.5. The van der Waals surface area contributed by atoms with Crippen LogP contribution in [0.25, 0.3) is 11.1 Å². The van der Waals surface area contributed by atoms with E-state index in [2.05, 4.69) is 18.2 Å². The average Bonchev–Trinajstić information content (AvgIpc) is 2.93. The smallest absolute Gasteiger partial charge is 0.335 e. The molecular weight excluding hydrogens is 450 g/mol. The first-order valence-corrected chi connectivity index (χ1v) is 11.9. The van der Waals surface area contributed by atoms with E-state index < -0.39 is 5.97 Å². The van der Waals surface area contributed by atoms with Crippen LogP contribution >= 0.6 is 0 Å². The molecule has 36 heavy (non-hydrogen) atoms. The van der Waals surface area contributed by atoms with Crippen LogP contribution < -0.4 is 4.74 Å². The maximum atomic E-state index is 13.5. The second-order valence-electron chi connectivity index (χ2n) is 8.63. The number of amides is 1. The van der Waals surface area contributed by atoms with Gasteiger partial charge in [-0.05, 0) is 77.6 Å². The van der Waals surface area contributed by atoms with Crippen LogP contribution in [0.4, 0.5) is 0 Å². The summed E-state index contributed by atoms with van der Waals surface area (Å²) in [5.41, 5.74) is 5.04. The third-order valence-electron chi connectivity index (χ3n) is 6.13. The molecule has 5 nitrogen and oxygen atoms in total.